The van der Waals surface area contributed by atoms with E-state index in [1.54, 1.807) is 12.1 Å². The first-order valence-corrected chi connectivity index (χ1v) is 13.4. The van der Waals surface area contributed by atoms with Crippen LogP contribution in [-0.2, 0) is 21.2 Å². The average Bonchev–Trinajstić information content (AvgIpc) is 3.71. The highest BCUT2D eigenvalue weighted by atomic mass is 32.2. The molecular weight excluding hydrogens is 512 g/mol. The number of nitrogens with zero attached hydrogens (tertiary/aromatic N) is 1. The van der Waals surface area contributed by atoms with Crippen LogP contribution in [0.2, 0.25) is 0 Å². The minimum atomic E-state index is -3.68. The number of carbonyl (C=O) groups is 4. The fourth-order valence-corrected chi connectivity index (χ4v) is 5.63. The van der Waals surface area contributed by atoms with Crippen LogP contribution in [-0.4, -0.2) is 68.1 Å². The number of rotatable bonds is 6. The second-order valence-electron chi connectivity index (χ2n) is 9.32. The molecule has 196 valence electrons. The molecule has 3 aliphatic rings. The Morgan fingerprint density at radius 3 is 2.53 bits per heavy atom. The molecule has 2 aliphatic heterocycles. The molecule has 3 N–H and O–H groups in total. The molecule has 2 fully saturated rings. The van der Waals surface area contributed by atoms with E-state index in [0.717, 1.165) is 5.56 Å². The topological polar surface area (TPSA) is 151 Å². The Morgan fingerprint density at radius 1 is 1.16 bits per heavy atom. The lowest BCUT2D eigenvalue weighted by molar-refractivity contribution is -0.122. The third-order valence-electron chi connectivity index (χ3n) is 6.62. The maximum atomic E-state index is 13.2. The molecule has 1 saturated carbocycles. The second kappa shape index (κ2) is 9.50. The summed E-state index contributed by atoms with van der Waals surface area (Å²) in [4.78, 5) is 51.9. The summed E-state index contributed by atoms with van der Waals surface area (Å²) in [6.07, 6.45) is 1.63. The molecule has 2 aromatic rings. The number of carbonyl (C=O) groups excluding carboxylic acids is 4. The van der Waals surface area contributed by atoms with Gasteiger partial charge in [-0.25, -0.2) is 17.9 Å². The van der Waals surface area contributed by atoms with Crippen LogP contribution in [0.15, 0.2) is 42.5 Å². The van der Waals surface area contributed by atoms with Gasteiger partial charge < -0.3 is 15.0 Å². The minimum Gasteiger partial charge on any atom is -0.497 e. The third-order valence-corrected chi connectivity index (χ3v) is 8.44. The van der Waals surface area contributed by atoms with Crippen LogP contribution >= 0.6 is 0 Å². The van der Waals surface area contributed by atoms with Crippen LogP contribution < -0.4 is 20.1 Å². The number of sulfonamides is 1. The maximum absolute atomic E-state index is 13.2. The Hall–Kier alpha value is -4.37. The van der Waals surface area contributed by atoms with Crippen molar-refractivity contribution in [1.82, 2.24) is 20.3 Å². The molecule has 11 nitrogen and oxygen atoms in total. The normalized spacial score (nSPS) is 20.6. The SMILES string of the molecule is COc1ccc2c(c1)C(=O)N(C[C@@]1(C#Cc3ccc(C(=O)NS(=O)(=O)C4CC4)cc3)NC(=O)NC1=O)CC2. The first-order chi connectivity index (χ1) is 18.1. The van der Waals surface area contributed by atoms with Crippen LogP contribution in [0.25, 0.3) is 0 Å². The highest BCUT2D eigenvalue weighted by Crippen LogP contribution is 2.28. The van der Waals surface area contributed by atoms with E-state index >= 15 is 0 Å². The molecule has 0 bridgehead atoms. The van der Waals surface area contributed by atoms with E-state index in [9.17, 15) is 27.6 Å². The molecule has 2 heterocycles. The first kappa shape index (κ1) is 25.3. The predicted molar refractivity (Wildman–Crippen MR) is 135 cm³/mol. The molecule has 0 unspecified atom stereocenters. The lowest BCUT2D eigenvalue weighted by Crippen LogP contribution is -2.56. The van der Waals surface area contributed by atoms with E-state index in [-0.39, 0.29) is 18.0 Å². The summed E-state index contributed by atoms with van der Waals surface area (Å²) in [5.41, 5.74) is 0.189. The number of hydrogen-bond donors (Lipinski definition) is 3. The van der Waals surface area contributed by atoms with Gasteiger partial charge in [-0.15, -0.1) is 0 Å². The van der Waals surface area contributed by atoms with Crippen molar-refractivity contribution in [3.63, 3.8) is 0 Å². The summed E-state index contributed by atoms with van der Waals surface area (Å²) in [6.45, 7) is 0.158. The van der Waals surface area contributed by atoms with Gasteiger partial charge in [-0.05, 0) is 61.2 Å². The maximum Gasteiger partial charge on any atom is 0.323 e. The van der Waals surface area contributed by atoms with Gasteiger partial charge in [0.2, 0.25) is 15.6 Å². The van der Waals surface area contributed by atoms with Crippen molar-refractivity contribution in [1.29, 1.82) is 0 Å². The van der Waals surface area contributed by atoms with Crippen molar-refractivity contribution in [2.45, 2.75) is 30.1 Å². The monoisotopic (exact) mass is 536 g/mol. The molecular formula is C26H24N4O7S. The molecule has 2 aromatic carbocycles. The number of amides is 5. The predicted octanol–water partition coefficient (Wildman–Crippen LogP) is 0.545. The number of nitrogens with one attached hydrogen (secondary N) is 3. The summed E-state index contributed by atoms with van der Waals surface area (Å²) in [7, 11) is -2.17. The smallest absolute Gasteiger partial charge is 0.323 e. The number of urea groups is 1. The number of benzene rings is 2. The van der Waals surface area contributed by atoms with Gasteiger partial charge in [-0.1, -0.05) is 17.9 Å². The largest absolute Gasteiger partial charge is 0.497 e. The molecule has 12 heteroatoms. The van der Waals surface area contributed by atoms with Crippen LogP contribution in [0, 0.1) is 11.8 Å². The molecule has 1 aliphatic carbocycles. The van der Waals surface area contributed by atoms with Crippen molar-refractivity contribution < 1.29 is 32.3 Å². The molecule has 0 radical (unpaired) electrons. The molecule has 1 saturated heterocycles. The Kier molecular flexibility index (Phi) is 6.32. The fourth-order valence-electron chi connectivity index (χ4n) is 4.33. The molecule has 1 atom stereocenters. The van der Waals surface area contributed by atoms with Crippen LogP contribution in [0.3, 0.4) is 0 Å². The van der Waals surface area contributed by atoms with Crippen molar-refractivity contribution in [2.75, 3.05) is 20.2 Å². The lowest BCUT2D eigenvalue weighted by Gasteiger charge is -2.33. The van der Waals surface area contributed by atoms with Crippen molar-refractivity contribution in [3.05, 3.63) is 64.7 Å². The summed E-state index contributed by atoms with van der Waals surface area (Å²) in [5.74, 6) is 4.44. The molecule has 38 heavy (non-hydrogen) atoms. The molecule has 0 spiro atoms. The standard InChI is InChI=1S/C26H24N4O7S/c1-37-19-7-6-17-11-13-30(23(32)21(17)14-19)15-26(24(33)27-25(34)28-26)12-10-16-2-4-18(5-3-16)22(31)29-38(35,36)20-8-9-20/h2-7,14,20H,8-9,11,13,15H2,1H3,(H,29,31)(H2,27,28,33,34)/t26-/m1/s1. The van der Waals surface area contributed by atoms with Gasteiger partial charge in [-0.3, -0.25) is 19.7 Å². The highest BCUT2D eigenvalue weighted by molar-refractivity contribution is 7.91. The zero-order valence-corrected chi connectivity index (χ0v) is 21.2. The Balaban J connectivity index is 1.36. The van der Waals surface area contributed by atoms with Gasteiger partial charge in [0.05, 0.1) is 18.9 Å². The van der Waals surface area contributed by atoms with Gasteiger partial charge >= 0.3 is 6.03 Å². The number of methoxy groups -OCH3 is 1. The first-order valence-electron chi connectivity index (χ1n) is 11.9. The Bertz CT molecular complexity index is 1520. The Morgan fingerprint density at radius 2 is 1.89 bits per heavy atom. The second-order valence-corrected chi connectivity index (χ2v) is 11.3. The highest BCUT2D eigenvalue weighted by Gasteiger charge is 2.48. The van der Waals surface area contributed by atoms with E-state index in [1.165, 1.54) is 36.3 Å². The lowest BCUT2D eigenvalue weighted by atomic mass is 9.94. The third kappa shape index (κ3) is 4.92. The van der Waals surface area contributed by atoms with Crippen molar-refractivity contribution >= 4 is 33.8 Å². The van der Waals surface area contributed by atoms with E-state index in [0.29, 0.717) is 42.7 Å². The van der Waals surface area contributed by atoms with Gasteiger partial charge in [0, 0.05) is 23.2 Å². The van der Waals surface area contributed by atoms with Gasteiger partial charge in [0.15, 0.2) is 0 Å². The number of imide groups is 1. The number of fused-ring (bicyclic) bond motifs is 1. The van der Waals surface area contributed by atoms with Gasteiger partial charge in [-0.2, -0.15) is 0 Å². The van der Waals surface area contributed by atoms with Gasteiger partial charge in [0.25, 0.3) is 17.7 Å². The van der Waals surface area contributed by atoms with Crippen LogP contribution in [0.5, 0.6) is 5.75 Å². The zero-order chi connectivity index (χ0) is 27.1. The van der Waals surface area contributed by atoms with E-state index in [2.05, 4.69) is 27.2 Å². The molecule has 5 amide bonds. The van der Waals surface area contributed by atoms with Crippen LogP contribution in [0.1, 0.15) is 44.7 Å². The molecule has 0 aromatic heterocycles. The van der Waals surface area contributed by atoms with Crippen molar-refractivity contribution in [3.8, 4) is 17.6 Å². The van der Waals surface area contributed by atoms with Crippen molar-refractivity contribution in [2.24, 2.45) is 0 Å². The van der Waals surface area contributed by atoms with Gasteiger partial charge in [0.1, 0.15) is 5.75 Å². The van der Waals surface area contributed by atoms with E-state index < -0.39 is 38.7 Å². The Labute approximate surface area is 219 Å². The average molecular weight is 537 g/mol. The van der Waals surface area contributed by atoms with Crippen LogP contribution in [0.4, 0.5) is 4.79 Å². The fraction of sp³-hybridized carbons (Fsp3) is 0.308. The summed E-state index contributed by atoms with van der Waals surface area (Å²) in [5, 5.41) is 4.21. The summed E-state index contributed by atoms with van der Waals surface area (Å²) < 4.78 is 31.3. The van der Waals surface area contributed by atoms with E-state index in [4.69, 9.17) is 4.74 Å². The summed E-state index contributed by atoms with van der Waals surface area (Å²) >= 11 is 0. The quantitative estimate of drug-likeness (QED) is 0.360. The number of hydrogen-bond acceptors (Lipinski definition) is 7. The minimum absolute atomic E-state index is 0.134. The zero-order valence-electron chi connectivity index (χ0n) is 20.4. The van der Waals surface area contributed by atoms with E-state index in [1.807, 2.05) is 6.07 Å². The molecule has 5 rings (SSSR count). The number of ether oxygens (including phenoxy) is 1. The summed E-state index contributed by atoms with van der Waals surface area (Å²) in [6, 6.07) is 10.4.